The molecule has 1 N–H and O–H groups in total. The van der Waals surface area contributed by atoms with Gasteiger partial charge < -0.3 is 14.5 Å². The van der Waals surface area contributed by atoms with Crippen molar-refractivity contribution in [1.82, 2.24) is 4.98 Å². The Balaban J connectivity index is 2.01. The fourth-order valence-electron chi connectivity index (χ4n) is 4.39. The molecule has 1 aromatic carbocycles. The number of hydrogen-bond donors (Lipinski definition) is 1. The minimum atomic E-state index is -3.60. The van der Waals surface area contributed by atoms with Gasteiger partial charge in [-0.05, 0) is 72.6 Å². The molecular formula is C24H35N2O3P. The van der Waals surface area contributed by atoms with E-state index in [4.69, 9.17) is 4.52 Å². The van der Waals surface area contributed by atoms with Crippen molar-refractivity contribution in [3.05, 3.63) is 54.4 Å². The maximum absolute atomic E-state index is 14.4. The first-order valence-corrected chi connectivity index (χ1v) is 12.6. The minimum absolute atomic E-state index is 0.135. The monoisotopic (exact) mass is 430 g/mol. The van der Waals surface area contributed by atoms with Gasteiger partial charge in [0.25, 0.3) is 7.37 Å². The molecular weight excluding hydrogens is 395 g/mol. The fraction of sp³-hybridized carbons (Fsp3) is 0.542. The van der Waals surface area contributed by atoms with Crippen LogP contribution in [-0.4, -0.2) is 30.3 Å². The topological polar surface area (TPSA) is 62.7 Å². The molecule has 6 heteroatoms. The highest BCUT2D eigenvalue weighted by Gasteiger charge is 2.42. The predicted octanol–water partition coefficient (Wildman–Crippen LogP) is 5.22. The van der Waals surface area contributed by atoms with Crippen LogP contribution >= 0.6 is 7.37 Å². The molecule has 0 unspecified atom stereocenters. The van der Waals surface area contributed by atoms with Crippen molar-refractivity contribution in [2.24, 2.45) is 17.8 Å². The van der Waals surface area contributed by atoms with Crippen LogP contribution in [0.3, 0.4) is 0 Å². The van der Waals surface area contributed by atoms with E-state index >= 15 is 0 Å². The summed E-state index contributed by atoms with van der Waals surface area (Å²) < 4.78 is 20.9. The van der Waals surface area contributed by atoms with Gasteiger partial charge in [-0.25, -0.2) is 0 Å². The second-order valence-corrected chi connectivity index (χ2v) is 11.5. The lowest BCUT2D eigenvalue weighted by molar-refractivity contribution is 0.0427. The number of nitrogens with zero attached hydrogens (tertiary/aromatic N) is 2. The highest BCUT2D eigenvalue weighted by atomic mass is 31.2. The van der Waals surface area contributed by atoms with Crippen molar-refractivity contribution < 1.29 is 14.2 Å². The van der Waals surface area contributed by atoms with Crippen molar-refractivity contribution in [1.29, 1.82) is 0 Å². The lowest BCUT2D eigenvalue weighted by atomic mass is 9.75. The number of anilines is 1. The SMILES string of the molecule is CC(C)[C@@H]1CC[C@@H](C)C[C@H]1O[P@@](=O)(c1ccc(N(C)C)cc1)[C@H](O)c1ccncc1. The van der Waals surface area contributed by atoms with Crippen LogP contribution in [-0.2, 0) is 9.09 Å². The Kier molecular flexibility index (Phi) is 7.38. The summed E-state index contributed by atoms with van der Waals surface area (Å²) in [6.07, 6.45) is 6.18. The number of pyridine rings is 1. The van der Waals surface area contributed by atoms with E-state index in [0.29, 0.717) is 28.6 Å². The molecule has 1 fully saturated rings. The summed E-state index contributed by atoms with van der Waals surface area (Å²) in [4.78, 5) is 6.02. The summed E-state index contributed by atoms with van der Waals surface area (Å²) in [7, 11) is 0.334. The first-order valence-electron chi connectivity index (χ1n) is 10.9. The van der Waals surface area contributed by atoms with Gasteiger partial charge >= 0.3 is 0 Å². The lowest BCUT2D eigenvalue weighted by Gasteiger charge is -2.39. The van der Waals surface area contributed by atoms with Gasteiger partial charge in [-0.3, -0.25) is 9.55 Å². The molecule has 1 aliphatic rings. The molecule has 0 saturated heterocycles. The lowest BCUT2D eigenvalue weighted by Crippen LogP contribution is -2.35. The van der Waals surface area contributed by atoms with Gasteiger partial charge in [0.15, 0.2) is 5.85 Å². The number of rotatable bonds is 7. The van der Waals surface area contributed by atoms with Gasteiger partial charge in [-0.2, -0.15) is 0 Å². The average molecular weight is 431 g/mol. The van der Waals surface area contributed by atoms with Gasteiger partial charge in [-0.15, -0.1) is 0 Å². The van der Waals surface area contributed by atoms with Crippen molar-refractivity contribution in [2.45, 2.75) is 52.0 Å². The third-order valence-corrected chi connectivity index (χ3v) is 8.85. The summed E-state index contributed by atoms with van der Waals surface area (Å²) in [5.41, 5.74) is 1.57. The third-order valence-electron chi connectivity index (χ3n) is 6.31. The molecule has 0 spiro atoms. The van der Waals surface area contributed by atoms with Crippen LogP contribution in [0.15, 0.2) is 48.8 Å². The Morgan fingerprint density at radius 1 is 1.10 bits per heavy atom. The Morgan fingerprint density at radius 3 is 2.30 bits per heavy atom. The van der Waals surface area contributed by atoms with E-state index in [1.165, 1.54) is 0 Å². The smallest absolute Gasteiger partial charge is 0.264 e. The quantitative estimate of drug-likeness (QED) is 0.610. The maximum Gasteiger partial charge on any atom is 0.264 e. The van der Waals surface area contributed by atoms with E-state index < -0.39 is 13.2 Å². The second-order valence-electron chi connectivity index (χ2n) is 9.13. The Morgan fingerprint density at radius 2 is 1.73 bits per heavy atom. The maximum atomic E-state index is 14.4. The van der Waals surface area contributed by atoms with Gasteiger partial charge in [0, 0.05) is 37.5 Å². The Labute approximate surface area is 180 Å². The molecule has 5 atom stereocenters. The standard InChI is InChI=1S/C24H35N2O3P/c1-17(2)22-11-6-18(3)16-23(22)29-30(28,24(27)19-12-14-25-15-13-19)21-9-7-20(8-10-21)26(4)5/h7-10,12-15,17-18,22-24,27H,6,11,16H2,1-5H3/t18-,22+,23-,24+,30+/m1/s1. The molecule has 1 saturated carbocycles. The Hall–Kier alpha value is -1.68. The van der Waals surface area contributed by atoms with Crippen LogP contribution in [0, 0.1) is 17.8 Å². The van der Waals surface area contributed by atoms with Crippen LogP contribution in [0.1, 0.15) is 51.4 Å². The van der Waals surface area contributed by atoms with E-state index in [2.05, 4.69) is 25.8 Å². The molecule has 2 aromatic rings. The van der Waals surface area contributed by atoms with Crippen molar-refractivity contribution in [2.75, 3.05) is 19.0 Å². The molecule has 1 heterocycles. The van der Waals surface area contributed by atoms with Crippen molar-refractivity contribution in [3.8, 4) is 0 Å². The molecule has 0 amide bonds. The first-order chi connectivity index (χ1) is 14.2. The van der Waals surface area contributed by atoms with Crippen LogP contribution in [0.5, 0.6) is 0 Å². The normalized spacial score (nSPS) is 25.0. The van der Waals surface area contributed by atoms with E-state index in [-0.39, 0.29) is 6.10 Å². The number of benzene rings is 1. The largest absolute Gasteiger partial charge is 0.378 e. The Bertz CT molecular complexity index is 855. The van der Waals surface area contributed by atoms with E-state index in [1.807, 2.05) is 43.3 Å². The highest BCUT2D eigenvalue weighted by molar-refractivity contribution is 7.67. The van der Waals surface area contributed by atoms with E-state index in [0.717, 1.165) is 24.9 Å². The highest BCUT2D eigenvalue weighted by Crippen LogP contribution is 2.60. The summed E-state index contributed by atoms with van der Waals surface area (Å²) >= 11 is 0. The second kappa shape index (κ2) is 9.64. The van der Waals surface area contributed by atoms with Crippen LogP contribution in [0.4, 0.5) is 5.69 Å². The number of hydrogen-bond acceptors (Lipinski definition) is 5. The number of aromatic nitrogens is 1. The van der Waals surface area contributed by atoms with Gasteiger partial charge in [0.2, 0.25) is 0 Å². The summed E-state index contributed by atoms with van der Waals surface area (Å²) in [5, 5.41) is 11.8. The van der Waals surface area contributed by atoms with E-state index in [1.54, 1.807) is 24.5 Å². The molecule has 0 bridgehead atoms. The van der Waals surface area contributed by atoms with E-state index in [9.17, 15) is 9.67 Å². The molecule has 0 radical (unpaired) electrons. The summed E-state index contributed by atoms with van der Waals surface area (Å²) in [5.74, 6) is 0.0636. The van der Waals surface area contributed by atoms with Crippen LogP contribution in [0.2, 0.25) is 0 Å². The zero-order valence-corrected chi connectivity index (χ0v) is 19.6. The predicted molar refractivity (Wildman–Crippen MR) is 123 cm³/mol. The van der Waals surface area contributed by atoms with Gasteiger partial charge in [0.05, 0.1) is 6.10 Å². The molecule has 1 aromatic heterocycles. The molecule has 1 aliphatic carbocycles. The van der Waals surface area contributed by atoms with Crippen LogP contribution in [0.25, 0.3) is 0 Å². The van der Waals surface area contributed by atoms with Crippen molar-refractivity contribution in [3.63, 3.8) is 0 Å². The minimum Gasteiger partial charge on any atom is -0.378 e. The molecule has 164 valence electrons. The molecule has 0 aliphatic heterocycles. The zero-order valence-electron chi connectivity index (χ0n) is 18.7. The number of aliphatic hydroxyl groups excluding tert-OH is 1. The fourth-order valence-corrected chi connectivity index (χ4v) is 6.68. The molecule has 30 heavy (non-hydrogen) atoms. The first kappa shape index (κ1) is 23.0. The molecule has 5 nitrogen and oxygen atoms in total. The summed E-state index contributed by atoms with van der Waals surface area (Å²) in [6.45, 7) is 6.63. The summed E-state index contributed by atoms with van der Waals surface area (Å²) in [6, 6.07) is 10.9. The van der Waals surface area contributed by atoms with Gasteiger partial charge in [0.1, 0.15) is 0 Å². The third kappa shape index (κ3) is 4.96. The van der Waals surface area contributed by atoms with Gasteiger partial charge in [-0.1, -0.05) is 27.2 Å². The zero-order chi connectivity index (χ0) is 21.9. The number of aliphatic hydroxyl groups is 1. The molecule has 3 rings (SSSR count). The van der Waals surface area contributed by atoms with Crippen molar-refractivity contribution >= 4 is 18.4 Å². The average Bonchev–Trinajstić information content (AvgIpc) is 2.73. The van der Waals surface area contributed by atoms with Crippen LogP contribution < -0.4 is 10.2 Å².